The van der Waals surface area contributed by atoms with Crippen LogP contribution in [0.25, 0.3) is 21.8 Å². The van der Waals surface area contributed by atoms with Gasteiger partial charge >= 0.3 is 11.9 Å². The van der Waals surface area contributed by atoms with E-state index in [1.165, 1.54) is 25.8 Å². The van der Waals surface area contributed by atoms with Gasteiger partial charge in [-0.1, -0.05) is 73.6 Å². The molecule has 49 heavy (non-hydrogen) atoms. The molecule has 5 aromatic rings. The van der Waals surface area contributed by atoms with Crippen LogP contribution in [0.1, 0.15) is 98.1 Å². The molecule has 0 spiro atoms. The van der Waals surface area contributed by atoms with Crippen LogP contribution in [-0.4, -0.2) is 44.4 Å². The summed E-state index contributed by atoms with van der Waals surface area (Å²) >= 11 is 0. The fraction of sp³-hybridized carbons (Fsp3) is 0.300. The molecule has 0 saturated carbocycles. The van der Waals surface area contributed by atoms with Crippen LogP contribution in [0.2, 0.25) is 0 Å². The SMILES string of the molecule is CCn1c2ccc(C(=O)c3ccccc3C)cc2c2cc(/C(CC(c3ccc(C(C)C)cc3)N(OC(C)=O)C(C)O)=N/OC(C)=O)ccc21. The lowest BCUT2D eigenvalue weighted by Gasteiger charge is -2.32. The quantitative estimate of drug-likeness (QED) is 0.0474. The first-order valence-corrected chi connectivity index (χ1v) is 16.6. The third-order valence-electron chi connectivity index (χ3n) is 8.73. The van der Waals surface area contributed by atoms with Gasteiger partial charge in [-0.05, 0) is 73.7 Å². The molecule has 4 aromatic carbocycles. The van der Waals surface area contributed by atoms with Gasteiger partial charge in [0.15, 0.2) is 5.78 Å². The van der Waals surface area contributed by atoms with Gasteiger partial charge in [-0.25, -0.2) is 4.79 Å². The number of aromatic nitrogens is 1. The lowest BCUT2D eigenvalue weighted by atomic mass is 9.93. The molecule has 2 unspecified atom stereocenters. The molecule has 0 aliphatic rings. The molecule has 1 heterocycles. The Balaban J connectivity index is 1.66. The van der Waals surface area contributed by atoms with Gasteiger partial charge in [-0.15, -0.1) is 5.06 Å². The van der Waals surface area contributed by atoms with E-state index in [-0.39, 0.29) is 12.2 Å². The number of hydrogen-bond donors (Lipinski definition) is 1. The third kappa shape index (κ3) is 7.63. The van der Waals surface area contributed by atoms with Crippen molar-refractivity contribution in [1.29, 1.82) is 0 Å². The van der Waals surface area contributed by atoms with Crippen LogP contribution in [0.4, 0.5) is 0 Å². The Kier molecular flexibility index (Phi) is 10.8. The van der Waals surface area contributed by atoms with Gasteiger partial charge in [0.1, 0.15) is 6.23 Å². The van der Waals surface area contributed by atoms with E-state index in [4.69, 9.17) is 9.68 Å². The Labute approximate surface area is 286 Å². The van der Waals surface area contributed by atoms with Crippen LogP contribution in [0, 0.1) is 6.92 Å². The smallest absolute Gasteiger partial charge is 0.331 e. The number of carbonyl (C=O) groups is 3. The van der Waals surface area contributed by atoms with Gasteiger partial charge in [-0.2, -0.15) is 0 Å². The van der Waals surface area contributed by atoms with Crippen molar-refractivity contribution in [2.45, 2.75) is 79.6 Å². The normalized spacial score (nSPS) is 13.2. The van der Waals surface area contributed by atoms with Crippen molar-refractivity contribution in [2.75, 3.05) is 0 Å². The molecule has 5 rings (SSSR count). The maximum absolute atomic E-state index is 13.6. The van der Waals surface area contributed by atoms with Gasteiger partial charge in [0.2, 0.25) is 0 Å². The summed E-state index contributed by atoms with van der Waals surface area (Å²) in [5.74, 6) is -0.932. The lowest BCUT2D eigenvalue weighted by molar-refractivity contribution is -0.245. The molecule has 0 fully saturated rings. The van der Waals surface area contributed by atoms with Crippen molar-refractivity contribution < 1.29 is 29.2 Å². The zero-order valence-electron chi connectivity index (χ0n) is 29.1. The van der Waals surface area contributed by atoms with Crippen molar-refractivity contribution in [2.24, 2.45) is 5.16 Å². The van der Waals surface area contributed by atoms with Crippen molar-refractivity contribution in [3.63, 3.8) is 0 Å². The highest BCUT2D eigenvalue weighted by Gasteiger charge is 2.30. The van der Waals surface area contributed by atoms with Crippen LogP contribution >= 0.6 is 0 Å². The minimum atomic E-state index is -1.16. The number of carbonyl (C=O) groups excluding carboxylic acids is 3. The van der Waals surface area contributed by atoms with E-state index in [0.717, 1.165) is 38.5 Å². The molecule has 0 bridgehead atoms. The summed E-state index contributed by atoms with van der Waals surface area (Å²) in [6, 6.07) is 26.4. The van der Waals surface area contributed by atoms with Crippen molar-refractivity contribution >= 4 is 45.2 Å². The number of aryl methyl sites for hydroxylation is 2. The first-order chi connectivity index (χ1) is 23.4. The summed E-state index contributed by atoms with van der Waals surface area (Å²) in [4.78, 5) is 48.6. The molecule has 0 radical (unpaired) electrons. The second-order valence-electron chi connectivity index (χ2n) is 12.6. The summed E-state index contributed by atoms with van der Waals surface area (Å²) in [6.07, 6.45) is -1.05. The van der Waals surface area contributed by atoms with Gasteiger partial charge in [0, 0.05) is 65.3 Å². The fourth-order valence-electron chi connectivity index (χ4n) is 6.27. The Hall–Kier alpha value is -5.12. The maximum atomic E-state index is 13.6. The molecular formula is C40H43N3O6. The molecule has 9 heteroatoms. The van der Waals surface area contributed by atoms with Crippen molar-refractivity contribution in [3.05, 3.63) is 118 Å². The Bertz CT molecular complexity index is 2040. The first-order valence-electron chi connectivity index (χ1n) is 16.6. The minimum absolute atomic E-state index is 0.0549. The number of fused-ring (bicyclic) bond motifs is 3. The number of aliphatic hydroxyl groups is 1. The lowest BCUT2D eigenvalue weighted by Crippen LogP contribution is -2.39. The Morgan fingerprint density at radius 3 is 1.96 bits per heavy atom. The number of rotatable bonds is 12. The van der Waals surface area contributed by atoms with Crippen LogP contribution in [0.5, 0.6) is 0 Å². The van der Waals surface area contributed by atoms with E-state index >= 15 is 0 Å². The molecule has 0 amide bonds. The zero-order valence-corrected chi connectivity index (χ0v) is 29.1. The second kappa shape index (κ2) is 15.0. The summed E-state index contributed by atoms with van der Waals surface area (Å²) in [5, 5.41) is 18.1. The summed E-state index contributed by atoms with van der Waals surface area (Å²) in [7, 11) is 0. The molecule has 0 saturated heterocycles. The molecule has 254 valence electrons. The van der Waals surface area contributed by atoms with Gasteiger partial charge in [0.25, 0.3) is 0 Å². The van der Waals surface area contributed by atoms with Gasteiger partial charge < -0.3 is 19.3 Å². The van der Waals surface area contributed by atoms with E-state index in [2.05, 4.69) is 30.5 Å². The number of oxime groups is 1. The first kappa shape index (κ1) is 35.2. The van der Waals surface area contributed by atoms with Crippen molar-refractivity contribution in [1.82, 2.24) is 9.63 Å². The van der Waals surface area contributed by atoms with Gasteiger partial charge in [0.05, 0.1) is 11.8 Å². The highest BCUT2D eigenvalue weighted by atomic mass is 16.7. The second-order valence-corrected chi connectivity index (χ2v) is 12.6. The van der Waals surface area contributed by atoms with E-state index in [1.54, 1.807) is 0 Å². The Morgan fingerprint density at radius 1 is 0.816 bits per heavy atom. The minimum Gasteiger partial charge on any atom is -0.375 e. The monoisotopic (exact) mass is 661 g/mol. The predicted octanol–water partition coefficient (Wildman–Crippen LogP) is 7.99. The van der Waals surface area contributed by atoms with Crippen LogP contribution in [0.15, 0.2) is 90.1 Å². The van der Waals surface area contributed by atoms with E-state index < -0.39 is 24.2 Å². The maximum Gasteiger partial charge on any atom is 0.331 e. The number of nitrogens with zero attached hydrogens (tertiary/aromatic N) is 3. The summed E-state index contributed by atoms with van der Waals surface area (Å²) in [6.45, 7) is 13.0. The molecule has 2 atom stereocenters. The number of aliphatic hydroxyl groups excluding tert-OH is 1. The average molecular weight is 662 g/mol. The topological polar surface area (TPSA) is 110 Å². The summed E-state index contributed by atoms with van der Waals surface area (Å²) in [5.41, 5.74) is 7.05. The number of benzene rings is 4. The molecule has 0 aliphatic carbocycles. The Morgan fingerprint density at radius 2 is 1.41 bits per heavy atom. The van der Waals surface area contributed by atoms with E-state index in [0.29, 0.717) is 34.9 Å². The predicted molar refractivity (Wildman–Crippen MR) is 191 cm³/mol. The molecule has 0 aliphatic heterocycles. The fourth-order valence-corrected chi connectivity index (χ4v) is 6.27. The number of hydrogen-bond acceptors (Lipinski definition) is 8. The molecule has 9 nitrogen and oxygen atoms in total. The van der Waals surface area contributed by atoms with E-state index in [9.17, 15) is 19.5 Å². The largest absolute Gasteiger partial charge is 0.375 e. The van der Waals surface area contributed by atoms with Crippen LogP contribution in [-0.2, 0) is 25.8 Å². The van der Waals surface area contributed by atoms with E-state index in [1.807, 2.05) is 91.9 Å². The highest BCUT2D eigenvalue weighted by molar-refractivity contribution is 6.16. The molecular weight excluding hydrogens is 618 g/mol. The number of ketones is 1. The molecule has 1 N–H and O–H groups in total. The third-order valence-corrected chi connectivity index (χ3v) is 8.73. The average Bonchev–Trinajstić information content (AvgIpc) is 3.39. The van der Waals surface area contributed by atoms with Crippen LogP contribution in [0.3, 0.4) is 0 Å². The standard InChI is InChI=1S/C40H43N3O6/c1-8-42-37-19-17-31(21-34(37)35-22-32(18-20-38(35)42)40(47)33-12-10-9-11-25(33)4)36(41-48-27(6)45)23-39(43(26(5)44)49-28(7)46)30-15-13-29(14-16-30)24(2)3/h9-22,24,26,39,44H,8,23H2,1-7H3/b41-36+. The van der Waals surface area contributed by atoms with Crippen molar-refractivity contribution in [3.8, 4) is 0 Å². The van der Waals surface area contributed by atoms with Crippen LogP contribution < -0.4 is 0 Å². The van der Waals surface area contributed by atoms with Gasteiger partial charge in [-0.3, -0.25) is 9.59 Å². The summed E-state index contributed by atoms with van der Waals surface area (Å²) < 4.78 is 2.19. The highest BCUT2D eigenvalue weighted by Crippen LogP contribution is 2.34. The zero-order chi connectivity index (χ0) is 35.4. The molecule has 1 aromatic heterocycles. The number of hydroxylamine groups is 2.